The number of hydrogen-bond donors (Lipinski definition) is 0. The van der Waals surface area contributed by atoms with Gasteiger partial charge in [-0.15, -0.1) is 0 Å². The Kier molecular flexibility index (Phi) is 6.19. The minimum atomic E-state index is -0.134. The van der Waals surface area contributed by atoms with Gasteiger partial charge in [0, 0.05) is 25.2 Å². The average Bonchev–Trinajstić information content (AvgIpc) is 2.31. The van der Waals surface area contributed by atoms with Crippen LogP contribution in [-0.4, -0.2) is 17.1 Å². The summed E-state index contributed by atoms with van der Waals surface area (Å²) in [4.78, 5) is 22.7. The van der Waals surface area contributed by atoms with E-state index in [0.29, 0.717) is 19.6 Å². The van der Waals surface area contributed by atoms with E-state index in [1.165, 1.54) is 0 Å². The van der Waals surface area contributed by atoms with Crippen LogP contribution in [0, 0.1) is 6.92 Å². The lowest BCUT2D eigenvalue weighted by atomic mass is 10.2. The summed E-state index contributed by atoms with van der Waals surface area (Å²) in [6, 6.07) is 3.57. The van der Waals surface area contributed by atoms with Gasteiger partial charge in [0.25, 0.3) is 5.56 Å². The second-order valence-corrected chi connectivity index (χ2v) is 4.35. The zero-order valence-corrected chi connectivity index (χ0v) is 11.1. The van der Waals surface area contributed by atoms with E-state index < -0.39 is 0 Å². The first-order chi connectivity index (χ1) is 8.63. The average molecular weight is 251 g/mol. The summed E-state index contributed by atoms with van der Waals surface area (Å²) in [7, 11) is 0. The van der Waals surface area contributed by atoms with Crippen LogP contribution in [0.2, 0.25) is 0 Å². The molecule has 4 nitrogen and oxygen atoms in total. The van der Waals surface area contributed by atoms with Crippen molar-refractivity contribution in [3.63, 3.8) is 0 Å². The maximum absolute atomic E-state index is 11.6. The van der Waals surface area contributed by atoms with E-state index in [4.69, 9.17) is 4.74 Å². The number of esters is 1. The van der Waals surface area contributed by atoms with E-state index in [2.05, 4.69) is 0 Å². The molecule has 0 fully saturated rings. The summed E-state index contributed by atoms with van der Waals surface area (Å²) in [6.07, 6.45) is 4.95. The van der Waals surface area contributed by atoms with Crippen LogP contribution in [-0.2, 0) is 16.1 Å². The molecule has 1 rings (SSSR count). The van der Waals surface area contributed by atoms with Crippen LogP contribution in [0.5, 0.6) is 0 Å². The number of hydrogen-bond acceptors (Lipinski definition) is 3. The fourth-order valence-electron chi connectivity index (χ4n) is 1.75. The van der Waals surface area contributed by atoms with Crippen molar-refractivity contribution in [2.45, 2.75) is 46.1 Å². The molecule has 0 atom stereocenters. The summed E-state index contributed by atoms with van der Waals surface area (Å²) in [5.41, 5.74) is 1.03. The van der Waals surface area contributed by atoms with E-state index in [9.17, 15) is 9.59 Å². The number of unbranched alkanes of at least 4 members (excludes halogenated alkanes) is 2. The van der Waals surface area contributed by atoms with Gasteiger partial charge in [-0.05, 0) is 38.3 Å². The van der Waals surface area contributed by atoms with Crippen molar-refractivity contribution in [2.75, 3.05) is 6.61 Å². The molecule has 1 heterocycles. The third-order valence-electron chi connectivity index (χ3n) is 2.74. The lowest BCUT2D eigenvalue weighted by Crippen LogP contribution is -2.18. The summed E-state index contributed by atoms with van der Waals surface area (Å²) in [6.45, 7) is 4.87. The summed E-state index contributed by atoms with van der Waals surface area (Å²) in [5.74, 6) is -0.134. The Morgan fingerprint density at radius 2 is 2.11 bits per heavy atom. The highest BCUT2D eigenvalue weighted by Crippen LogP contribution is 2.03. The molecule has 0 unspecified atom stereocenters. The number of aromatic nitrogens is 1. The Morgan fingerprint density at radius 1 is 1.33 bits per heavy atom. The fourth-order valence-corrected chi connectivity index (χ4v) is 1.75. The van der Waals surface area contributed by atoms with E-state index in [1.54, 1.807) is 10.6 Å². The highest BCUT2D eigenvalue weighted by molar-refractivity contribution is 5.69. The number of pyridine rings is 1. The van der Waals surface area contributed by atoms with Gasteiger partial charge in [-0.25, -0.2) is 0 Å². The smallest absolute Gasteiger partial charge is 0.305 e. The first-order valence-electron chi connectivity index (χ1n) is 6.46. The van der Waals surface area contributed by atoms with Crippen molar-refractivity contribution in [3.05, 3.63) is 34.2 Å². The van der Waals surface area contributed by atoms with E-state index in [-0.39, 0.29) is 11.5 Å². The third kappa shape index (κ3) is 5.17. The van der Waals surface area contributed by atoms with E-state index in [1.807, 2.05) is 26.1 Å². The number of nitrogens with zero attached hydrogens (tertiary/aromatic N) is 1. The monoisotopic (exact) mass is 251 g/mol. The highest BCUT2D eigenvalue weighted by atomic mass is 16.5. The SMILES string of the molecule is CCOC(=O)CCCCCn1ccc(C)cc1=O. The zero-order valence-electron chi connectivity index (χ0n) is 11.1. The van der Waals surface area contributed by atoms with Crippen LogP contribution in [0.1, 0.15) is 38.2 Å². The normalized spacial score (nSPS) is 10.3. The van der Waals surface area contributed by atoms with Gasteiger partial charge >= 0.3 is 5.97 Å². The molecular weight excluding hydrogens is 230 g/mol. The number of carbonyl (C=O) groups excluding carboxylic acids is 1. The van der Waals surface area contributed by atoms with E-state index >= 15 is 0 Å². The van der Waals surface area contributed by atoms with Gasteiger partial charge in [0.05, 0.1) is 6.61 Å². The Labute approximate surface area is 108 Å². The van der Waals surface area contributed by atoms with Crippen molar-refractivity contribution in [1.29, 1.82) is 0 Å². The second-order valence-electron chi connectivity index (χ2n) is 4.35. The van der Waals surface area contributed by atoms with Crippen LogP contribution in [0.4, 0.5) is 0 Å². The summed E-state index contributed by atoms with van der Waals surface area (Å²) in [5, 5.41) is 0. The van der Waals surface area contributed by atoms with Crippen LogP contribution in [0.3, 0.4) is 0 Å². The van der Waals surface area contributed by atoms with Crippen molar-refractivity contribution < 1.29 is 9.53 Å². The second kappa shape index (κ2) is 7.69. The number of rotatable bonds is 7. The molecule has 0 amide bonds. The molecule has 0 saturated heterocycles. The van der Waals surface area contributed by atoms with Crippen molar-refractivity contribution in [2.24, 2.45) is 0 Å². The molecule has 0 bridgehead atoms. The lowest BCUT2D eigenvalue weighted by molar-refractivity contribution is -0.143. The number of aryl methyl sites for hydroxylation is 2. The Hall–Kier alpha value is -1.58. The molecule has 0 saturated carbocycles. The summed E-state index contributed by atoms with van der Waals surface area (Å²) >= 11 is 0. The van der Waals surface area contributed by atoms with E-state index in [0.717, 1.165) is 24.8 Å². The molecule has 4 heteroatoms. The molecule has 0 aliphatic carbocycles. The molecule has 1 aromatic rings. The van der Waals surface area contributed by atoms with Gasteiger partial charge < -0.3 is 9.30 Å². The predicted molar refractivity (Wildman–Crippen MR) is 70.5 cm³/mol. The first kappa shape index (κ1) is 14.5. The number of carbonyl (C=O) groups is 1. The molecular formula is C14H21NO3. The molecule has 0 aliphatic heterocycles. The Morgan fingerprint density at radius 3 is 2.78 bits per heavy atom. The maximum atomic E-state index is 11.6. The standard InChI is InChI=1S/C14H21NO3/c1-3-18-14(17)7-5-4-6-9-15-10-8-12(2)11-13(15)16/h8,10-11H,3-7,9H2,1-2H3. The third-order valence-corrected chi connectivity index (χ3v) is 2.74. The van der Waals surface area contributed by atoms with Gasteiger partial charge in [-0.3, -0.25) is 9.59 Å². The maximum Gasteiger partial charge on any atom is 0.305 e. The minimum Gasteiger partial charge on any atom is -0.466 e. The van der Waals surface area contributed by atoms with Gasteiger partial charge in [-0.1, -0.05) is 6.42 Å². The van der Waals surface area contributed by atoms with Gasteiger partial charge in [0.2, 0.25) is 0 Å². The van der Waals surface area contributed by atoms with Gasteiger partial charge in [0.15, 0.2) is 0 Å². The molecule has 0 spiro atoms. The van der Waals surface area contributed by atoms with Crippen molar-refractivity contribution in [1.82, 2.24) is 4.57 Å². The van der Waals surface area contributed by atoms with Crippen molar-refractivity contribution >= 4 is 5.97 Å². The quantitative estimate of drug-likeness (QED) is 0.552. The van der Waals surface area contributed by atoms with Crippen LogP contribution < -0.4 is 5.56 Å². The lowest BCUT2D eigenvalue weighted by Gasteiger charge is -2.05. The van der Waals surface area contributed by atoms with Crippen molar-refractivity contribution in [3.8, 4) is 0 Å². The molecule has 0 N–H and O–H groups in total. The molecule has 100 valence electrons. The van der Waals surface area contributed by atoms with Crippen LogP contribution >= 0.6 is 0 Å². The predicted octanol–water partition coefficient (Wildman–Crippen LogP) is 2.28. The largest absolute Gasteiger partial charge is 0.466 e. The molecule has 0 aliphatic rings. The van der Waals surface area contributed by atoms with Gasteiger partial charge in [0.1, 0.15) is 0 Å². The first-order valence-corrected chi connectivity index (χ1v) is 6.46. The van der Waals surface area contributed by atoms with Gasteiger partial charge in [-0.2, -0.15) is 0 Å². The van der Waals surface area contributed by atoms with Crippen LogP contribution in [0.25, 0.3) is 0 Å². The Balaban J connectivity index is 2.22. The molecule has 0 aromatic carbocycles. The molecule has 18 heavy (non-hydrogen) atoms. The fraction of sp³-hybridized carbons (Fsp3) is 0.571. The molecule has 0 radical (unpaired) electrons. The minimum absolute atomic E-state index is 0.0420. The highest BCUT2D eigenvalue weighted by Gasteiger charge is 2.01. The topological polar surface area (TPSA) is 48.3 Å². The molecule has 1 aromatic heterocycles. The zero-order chi connectivity index (χ0) is 13.4. The number of ether oxygens (including phenoxy) is 1. The van der Waals surface area contributed by atoms with Crippen LogP contribution in [0.15, 0.2) is 23.1 Å². The Bertz CT molecular complexity index is 437. The summed E-state index contributed by atoms with van der Waals surface area (Å²) < 4.78 is 6.55.